The van der Waals surface area contributed by atoms with Crippen molar-refractivity contribution in [3.8, 4) is 11.4 Å². The monoisotopic (exact) mass is 477 g/mol. The molecule has 3 N–H and O–H groups in total. The number of hydrogen-bond donors (Lipinski definition) is 3. The second kappa shape index (κ2) is 9.61. The molecule has 0 saturated carbocycles. The van der Waals surface area contributed by atoms with Crippen molar-refractivity contribution in [2.45, 2.75) is 30.8 Å². The molecule has 0 aliphatic carbocycles. The van der Waals surface area contributed by atoms with Crippen LogP contribution in [0.2, 0.25) is 0 Å². The van der Waals surface area contributed by atoms with Gasteiger partial charge in [0.2, 0.25) is 17.0 Å². The molecule has 1 amide bonds. The molecular formula is C22H23N9O2S. The summed E-state index contributed by atoms with van der Waals surface area (Å²) >= 11 is 1.48. The molecule has 1 saturated heterocycles. The number of aryl methyl sites for hydroxylation is 1. The molecule has 1 fully saturated rings. The fourth-order valence-electron chi connectivity index (χ4n) is 3.78. The van der Waals surface area contributed by atoms with E-state index in [1.807, 2.05) is 55.5 Å². The lowest BCUT2D eigenvalue weighted by atomic mass is 10.2. The summed E-state index contributed by atoms with van der Waals surface area (Å²) in [4.78, 5) is 21.6. The lowest BCUT2D eigenvalue weighted by Crippen LogP contribution is -2.60. The van der Waals surface area contributed by atoms with Crippen molar-refractivity contribution in [3.63, 3.8) is 0 Å². The Balaban J connectivity index is 1.28. The summed E-state index contributed by atoms with van der Waals surface area (Å²) in [5, 5.41) is 23.0. The highest BCUT2D eigenvalue weighted by atomic mass is 32.2. The Labute approximate surface area is 199 Å². The third-order valence-corrected chi connectivity index (χ3v) is 6.45. The smallest absolute Gasteiger partial charge is 0.226 e. The summed E-state index contributed by atoms with van der Waals surface area (Å²) in [5.74, 6) is 1.59. The van der Waals surface area contributed by atoms with Crippen LogP contribution < -0.4 is 20.7 Å². The summed E-state index contributed by atoms with van der Waals surface area (Å²) in [6.07, 6.45) is -0.188. The van der Waals surface area contributed by atoms with E-state index < -0.39 is 6.29 Å². The van der Waals surface area contributed by atoms with E-state index in [4.69, 9.17) is 4.74 Å². The van der Waals surface area contributed by atoms with Gasteiger partial charge in [-0.25, -0.2) is 9.97 Å². The molecule has 1 aliphatic heterocycles. The fraction of sp³-hybridized carbons (Fsp3) is 0.273. The van der Waals surface area contributed by atoms with Crippen LogP contribution in [0.15, 0.2) is 53.7 Å². The standard InChI is InChI=1S/C22H23N9O2S/c1-13-16-9-6-10-17(33-2)19(16)26-20(23-13)27-21-24-14(11-18(32)25-21)12-34-22-28-29-30-31(22)15-7-4-3-5-8-15/h3-10,14,21,24H,11-12H2,1-2H3,(H,25,32)(H,23,26,27). The van der Waals surface area contributed by atoms with Gasteiger partial charge in [0.25, 0.3) is 0 Å². The van der Waals surface area contributed by atoms with Crippen molar-refractivity contribution in [1.29, 1.82) is 0 Å². The number of anilines is 1. The minimum atomic E-state index is -0.525. The Morgan fingerprint density at radius 2 is 2.03 bits per heavy atom. The Hall–Kier alpha value is -3.77. The topological polar surface area (TPSA) is 132 Å². The number of carbonyl (C=O) groups is 1. The lowest BCUT2D eigenvalue weighted by Gasteiger charge is -2.31. The predicted octanol–water partition coefficient (Wildman–Crippen LogP) is 1.89. The molecule has 4 aromatic rings. The number of para-hydroxylation sites is 2. The summed E-state index contributed by atoms with van der Waals surface area (Å²) in [5.41, 5.74) is 2.40. The quantitative estimate of drug-likeness (QED) is 0.339. The zero-order chi connectivity index (χ0) is 23.5. The van der Waals surface area contributed by atoms with E-state index in [0.29, 0.717) is 34.5 Å². The van der Waals surface area contributed by atoms with Crippen molar-refractivity contribution in [2.24, 2.45) is 0 Å². The molecule has 0 bridgehead atoms. The van der Waals surface area contributed by atoms with Crippen LogP contribution in [0.5, 0.6) is 5.75 Å². The van der Waals surface area contributed by atoms with Crippen LogP contribution in [-0.4, -0.2) is 61.3 Å². The number of amides is 1. The Bertz CT molecular complexity index is 1310. The van der Waals surface area contributed by atoms with Crippen LogP contribution in [0.4, 0.5) is 5.95 Å². The zero-order valence-electron chi connectivity index (χ0n) is 18.6. The lowest BCUT2D eigenvalue weighted by molar-refractivity contribution is -0.123. The summed E-state index contributed by atoms with van der Waals surface area (Å²) < 4.78 is 7.13. The fourth-order valence-corrected chi connectivity index (χ4v) is 4.70. The van der Waals surface area contributed by atoms with Crippen molar-refractivity contribution in [1.82, 2.24) is 40.8 Å². The highest BCUT2D eigenvalue weighted by molar-refractivity contribution is 7.99. The van der Waals surface area contributed by atoms with Gasteiger partial charge in [0, 0.05) is 23.6 Å². The minimum absolute atomic E-state index is 0.0698. The molecule has 3 heterocycles. The molecule has 5 rings (SSSR count). The molecule has 174 valence electrons. The van der Waals surface area contributed by atoms with E-state index in [1.165, 1.54) is 11.8 Å². The van der Waals surface area contributed by atoms with Crippen LogP contribution in [0.3, 0.4) is 0 Å². The normalized spacial score (nSPS) is 18.0. The maximum Gasteiger partial charge on any atom is 0.226 e. The van der Waals surface area contributed by atoms with Crippen LogP contribution in [0.1, 0.15) is 12.1 Å². The third-order valence-electron chi connectivity index (χ3n) is 5.37. The molecule has 34 heavy (non-hydrogen) atoms. The van der Waals surface area contributed by atoms with Gasteiger partial charge in [-0.3, -0.25) is 10.1 Å². The van der Waals surface area contributed by atoms with Crippen LogP contribution in [0.25, 0.3) is 16.6 Å². The van der Waals surface area contributed by atoms with Gasteiger partial charge in [0.05, 0.1) is 18.5 Å². The third kappa shape index (κ3) is 4.63. The number of nitrogens with zero attached hydrogens (tertiary/aromatic N) is 6. The number of rotatable bonds is 7. The molecule has 2 aromatic carbocycles. The second-order valence-electron chi connectivity index (χ2n) is 7.72. The predicted molar refractivity (Wildman–Crippen MR) is 128 cm³/mol. The highest BCUT2D eigenvalue weighted by Crippen LogP contribution is 2.26. The molecule has 0 radical (unpaired) electrons. The molecule has 0 spiro atoms. The van der Waals surface area contributed by atoms with Crippen LogP contribution >= 0.6 is 11.8 Å². The number of carbonyl (C=O) groups excluding carboxylic acids is 1. The second-order valence-corrected chi connectivity index (χ2v) is 8.71. The Kier molecular flexibility index (Phi) is 6.23. The number of nitrogens with one attached hydrogen (secondary N) is 3. The van der Waals surface area contributed by atoms with E-state index in [0.717, 1.165) is 16.8 Å². The van der Waals surface area contributed by atoms with Gasteiger partial charge in [-0.1, -0.05) is 42.1 Å². The number of aromatic nitrogens is 6. The van der Waals surface area contributed by atoms with Gasteiger partial charge in [-0.05, 0) is 35.5 Å². The Morgan fingerprint density at radius 1 is 1.18 bits per heavy atom. The van der Waals surface area contributed by atoms with Crippen molar-refractivity contribution in [3.05, 3.63) is 54.2 Å². The number of methoxy groups -OCH3 is 1. The number of tetrazole rings is 1. The molecular weight excluding hydrogens is 454 g/mol. The number of hydrogen-bond acceptors (Lipinski definition) is 10. The summed E-state index contributed by atoms with van der Waals surface area (Å²) in [6.45, 7) is 1.91. The summed E-state index contributed by atoms with van der Waals surface area (Å²) in [7, 11) is 1.61. The maximum atomic E-state index is 12.4. The van der Waals surface area contributed by atoms with Crippen LogP contribution in [0, 0.1) is 6.92 Å². The van der Waals surface area contributed by atoms with Gasteiger partial charge in [0.15, 0.2) is 6.29 Å². The number of thioether (sulfide) groups is 1. The minimum Gasteiger partial charge on any atom is -0.494 e. The average Bonchev–Trinajstić information content (AvgIpc) is 3.31. The van der Waals surface area contributed by atoms with Crippen LogP contribution in [-0.2, 0) is 4.79 Å². The van der Waals surface area contributed by atoms with Gasteiger partial charge < -0.3 is 15.4 Å². The molecule has 11 nitrogen and oxygen atoms in total. The molecule has 2 atom stereocenters. The van der Waals surface area contributed by atoms with Gasteiger partial charge >= 0.3 is 0 Å². The first-order valence-corrected chi connectivity index (χ1v) is 11.7. The maximum absolute atomic E-state index is 12.4. The Morgan fingerprint density at radius 3 is 2.85 bits per heavy atom. The first kappa shape index (κ1) is 22.0. The molecule has 2 aromatic heterocycles. The first-order chi connectivity index (χ1) is 16.6. The zero-order valence-corrected chi connectivity index (χ0v) is 19.4. The molecule has 1 aliphatic rings. The van der Waals surface area contributed by atoms with Gasteiger partial charge in [-0.15, -0.1) is 5.10 Å². The van der Waals surface area contributed by atoms with Crippen molar-refractivity contribution in [2.75, 3.05) is 18.2 Å². The van der Waals surface area contributed by atoms with Crippen molar-refractivity contribution >= 4 is 34.5 Å². The van der Waals surface area contributed by atoms with E-state index in [2.05, 4.69) is 41.4 Å². The highest BCUT2D eigenvalue weighted by Gasteiger charge is 2.27. The van der Waals surface area contributed by atoms with E-state index >= 15 is 0 Å². The number of fused-ring (bicyclic) bond motifs is 1. The molecule has 12 heteroatoms. The number of benzene rings is 2. The van der Waals surface area contributed by atoms with E-state index in [9.17, 15) is 4.79 Å². The number of ether oxygens (including phenoxy) is 1. The van der Waals surface area contributed by atoms with Gasteiger partial charge in [-0.2, -0.15) is 4.68 Å². The van der Waals surface area contributed by atoms with E-state index in [1.54, 1.807) is 11.8 Å². The van der Waals surface area contributed by atoms with Crippen molar-refractivity contribution < 1.29 is 9.53 Å². The van der Waals surface area contributed by atoms with E-state index in [-0.39, 0.29) is 11.9 Å². The first-order valence-electron chi connectivity index (χ1n) is 10.7. The average molecular weight is 478 g/mol. The molecule has 2 unspecified atom stereocenters. The summed E-state index contributed by atoms with van der Waals surface area (Å²) in [6, 6.07) is 15.3. The largest absolute Gasteiger partial charge is 0.494 e. The van der Waals surface area contributed by atoms with Gasteiger partial charge in [0.1, 0.15) is 11.3 Å². The SMILES string of the molecule is COc1cccc2c(C)nc(NC3NC(=O)CC(CSc4nnnn4-c4ccccc4)N3)nc12.